The van der Waals surface area contributed by atoms with Crippen molar-refractivity contribution in [3.05, 3.63) is 40.6 Å². The van der Waals surface area contributed by atoms with Gasteiger partial charge in [0.05, 0.1) is 44.7 Å². The standard InChI is InChI=1S/C26H30N4O3/c1-25(2,3)15-7-8-16-17(9-15)23(26(13-28,14-29)24(30)19(16)12-27)18-10-21(32-5)22(33-6)11-20(18)31-4/h8,10-11,15,17,23H,7,9,30H2,1-6H3/t15-,17+,23+/m1/s1. The molecule has 3 rings (SSSR count). The molecule has 3 atom stereocenters. The predicted octanol–water partition coefficient (Wildman–Crippen LogP) is 4.58. The van der Waals surface area contributed by atoms with Gasteiger partial charge in [0.2, 0.25) is 0 Å². The molecule has 0 spiro atoms. The van der Waals surface area contributed by atoms with Crippen molar-refractivity contribution in [2.24, 2.45) is 28.4 Å². The zero-order chi connectivity index (χ0) is 24.6. The normalized spacial score (nSPS) is 23.8. The van der Waals surface area contributed by atoms with Gasteiger partial charge in [-0.15, -0.1) is 0 Å². The number of nitriles is 3. The van der Waals surface area contributed by atoms with Crippen LogP contribution in [0, 0.1) is 56.7 Å². The molecule has 0 saturated heterocycles. The zero-order valence-corrected chi connectivity index (χ0v) is 20.0. The van der Waals surface area contributed by atoms with E-state index >= 15 is 0 Å². The molecular weight excluding hydrogens is 416 g/mol. The summed E-state index contributed by atoms with van der Waals surface area (Å²) < 4.78 is 16.6. The van der Waals surface area contributed by atoms with Crippen LogP contribution in [-0.2, 0) is 0 Å². The van der Waals surface area contributed by atoms with Gasteiger partial charge in [-0.3, -0.25) is 0 Å². The summed E-state index contributed by atoms with van der Waals surface area (Å²) in [5.74, 6) is 0.779. The summed E-state index contributed by atoms with van der Waals surface area (Å²) in [6.45, 7) is 6.55. The first-order valence-electron chi connectivity index (χ1n) is 10.9. The van der Waals surface area contributed by atoms with Gasteiger partial charge in [0.15, 0.2) is 16.9 Å². The quantitative estimate of drug-likeness (QED) is 0.717. The molecule has 0 saturated carbocycles. The third kappa shape index (κ3) is 3.66. The van der Waals surface area contributed by atoms with Gasteiger partial charge < -0.3 is 19.9 Å². The molecule has 2 aliphatic rings. The van der Waals surface area contributed by atoms with Crippen LogP contribution in [0.3, 0.4) is 0 Å². The lowest BCUT2D eigenvalue weighted by Crippen LogP contribution is -2.44. The number of benzene rings is 1. The summed E-state index contributed by atoms with van der Waals surface area (Å²) in [4.78, 5) is 0. The van der Waals surface area contributed by atoms with E-state index in [1.807, 2.05) is 0 Å². The van der Waals surface area contributed by atoms with Crippen molar-refractivity contribution in [3.63, 3.8) is 0 Å². The van der Waals surface area contributed by atoms with Crippen molar-refractivity contribution in [2.45, 2.75) is 39.5 Å². The van der Waals surface area contributed by atoms with E-state index < -0.39 is 11.3 Å². The minimum Gasteiger partial charge on any atom is -0.496 e. The van der Waals surface area contributed by atoms with Crippen LogP contribution in [0.4, 0.5) is 0 Å². The third-order valence-corrected chi connectivity index (χ3v) is 7.17. The number of nitrogens with two attached hydrogens (primary N) is 1. The van der Waals surface area contributed by atoms with Crippen LogP contribution in [0.15, 0.2) is 35.1 Å². The van der Waals surface area contributed by atoms with E-state index in [2.05, 4.69) is 45.1 Å². The van der Waals surface area contributed by atoms with Crippen LogP contribution in [-0.4, -0.2) is 21.3 Å². The minimum atomic E-state index is -1.74. The lowest BCUT2D eigenvalue weighted by molar-refractivity contribution is 0.169. The van der Waals surface area contributed by atoms with E-state index in [1.54, 1.807) is 12.1 Å². The summed E-state index contributed by atoms with van der Waals surface area (Å²) in [6.07, 6.45) is 3.57. The van der Waals surface area contributed by atoms with Crippen LogP contribution >= 0.6 is 0 Å². The van der Waals surface area contributed by atoms with E-state index in [1.165, 1.54) is 21.3 Å². The van der Waals surface area contributed by atoms with Gasteiger partial charge in [-0.2, -0.15) is 15.8 Å². The Morgan fingerprint density at radius 1 is 0.970 bits per heavy atom. The number of ether oxygens (including phenoxy) is 3. The topological polar surface area (TPSA) is 125 Å². The van der Waals surface area contributed by atoms with Gasteiger partial charge in [0.1, 0.15) is 11.8 Å². The second-order valence-corrected chi connectivity index (χ2v) is 9.66. The molecule has 1 aromatic rings. The Kier molecular flexibility index (Phi) is 6.35. The van der Waals surface area contributed by atoms with E-state index in [9.17, 15) is 15.8 Å². The minimum absolute atomic E-state index is 0.00598. The fourth-order valence-corrected chi connectivity index (χ4v) is 5.24. The van der Waals surface area contributed by atoms with Crippen molar-refractivity contribution in [2.75, 3.05) is 21.3 Å². The SMILES string of the molecule is COc1cc(OC)c([C@@H]2[C@H]3C[C@H](C(C)(C)C)CC=C3C(C#N)=C(N)C2(C#N)C#N)cc1OC. The fraction of sp³-hybridized carbons (Fsp3) is 0.500. The van der Waals surface area contributed by atoms with Crippen LogP contribution in [0.1, 0.15) is 45.1 Å². The lowest BCUT2D eigenvalue weighted by Gasteiger charge is -2.47. The Bertz CT molecular complexity index is 1120. The van der Waals surface area contributed by atoms with Crippen LogP contribution < -0.4 is 19.9 Å². The largest absolute Gasteiger partial charge is 0.496 e. The molecule has 7 nitrogen and oxygen atoms in total. The van der Waals surface area contributed by atoms with Gasteiger partial charge in [0, 0.05) is 17.5 Å². The Balaban J connectivity index is 2.39. The molecule has 0 amide bonds. The Morgan fingerprint density at radius 3 is 2.03 bits per heavy atom. The molecule has 0 fully saturated rings. The second-order valence-electron chi connectivity index (χ2n) is 9.66. The van der Waals surface area contributed by atoms with Crippen molar-refractivity contribution in [1.29, 1.82) is 15.8 Å². The highest BCUT2D eigenvalue weighted by molar-refractivity contribution is 5.62. The number of nitrogens with zero attached hydrogens (tertiary/aromatic N) is 3. The van der Waals surface area contributed by atoms with Crippen LogP contribution in [0.2, 0.25) is 0 Å². The molecule has 172 valence electrons. The summed E-state index contributed by atoms with van der Waals surface area (Å²) in [5.41, 5.74) is 6.38. The molecule has 0 unspecified atom stereocenters. The maximum atomic E-state index is 10.4. The average molecular weight is 447 g/mol. The van der Waals surface area contributed by atoms with E-state index in [4.69, 9.17) is 19.9 Å². The number of rotatable bonds is 4. The van der Waals surface area contributed by atoms with E-state index in [-0.39, 0.29) is 22.6 Å². The van der Waals surface area contributed by atoms with Crippen molar-refractivity contribution >= 4 is 0 Å². The van der Waals surface area contributed by atoms with Gasteiger partial charge >= 0.3 is 0 Å². The monoisotopic (exact) mass is 446 g/mol. The molecular formula is C26H30N4O3. The summed E-state index contributed by atoms with van der Waals surface area (Å²) in [6, 6.07) is 10.0. The average Bonchev–Trinajstić information content (AvgIpc) is 2.81. The number of methoxy groups -OCH3 is 3. The second kappa shape index (κ2) is 8.72. The lowest BCUT2D eigenvalue weighted by atomic mass is 9.54. The van der Waals surface area contributed by atoms with Crippen LogP contribution in [0.25, 0.3) is 0 Å². The maximum Gasteiger partial charge on any atom is 0.191 e. The maximum absolute atomic E-state index is 10.4. The zero-order valence-electron chi connectivity index (χ0n) is 20.0. The fourth-order valence-electron chi connectivity index (χ4n) is 5.24. The summed E-state index contributed by atoms with van der Waals surface area (Å²) >= 11 is 0. The predicted molar refractivity (Wildman–Crippen MR) is 123 cm³/mol. The van der Waals surface area contributed by atoms with Gasteiger partial charge in [-0.1, -0.05) is 26.8 Å². The first kappa shape index (κ1) is 24.0. The summed E-state index contributed by atoms with van der Waals surface area (Å²) in [5, 5.41) is 30.7. The summed E-state index contributed by atoms with van der Waals surface area (Å²) in [7, 11) is 4.59. The molecule has 0 aliphatic heterocycles. The number of fused-ring (bicyclic) bond motifs is 1. The molecule has 1 aromatic carbocycles. The molecule has 2 N–H and O–H groups in total. The molecule has 0 heterocycles. The molecule has 2 aliphatic carbocycles. The molecule has 0 bridgehead atoms. The molecule has 33 heavy (non-hydrogen) atoms. The first-order chi connectivity index (χ1) is 15.6. The highest BCUT2D eigenvalue weighted by Gasteiger charge is 2.56. The Morgan fingerprint density at radius 2 is 1.55 bits per heavy atom. The molecule has 0 aromatic heterocycles. The highest BCUT2D eigenvalue weighted by atomic mass is 16.5. The number of allylic oxidation sites excluding steroid dienone is 4. The molecule has 7 heteroatoms. The van der Waals surface area contributed by atoms with Crippen molar-refractivity contribution < 1.29 is 14.2 Å². The van der Waals surface area contributed by atoms with Crippen LogP contribution in [0.5, 0.6) is 17.2 Å². The van der Waals surface area contributed by atoms with E-state index in [0.717, 1.165) is 12.0 Å². The molecule has 0 radical (unpaired) electrons. The van der Waals surface area contributed by atoms with E-state index in [0.29, 0.717) is 35.2 Å². The Labute approximate surface area is 195 Å². The Hall–Kier alpha value is -3.63. The van der Waals surface area contributed by atoms with Crippen molar-refractivity contribution in [1.82, 2.24) is 0 Å². The van der Waals surface area contributed by atoms with Gasteiger partial charge in [-0.05, 0) is 41.7 Å². The van der Waals surface area contributed by atoms with Gasteiger partial charge in [-0.25, -0.2) is 0 Å². The number of hydrogen-bond acceptors (Lipinski definition) is 7. The van der Waals surface area contributed by atoms with Crippen molar-refractivity contribution in [3.8, 4) is 35.5 Å². The highest BCUT2D eigenvalue weighted by Crippen LogP contribution is 2.59. The third-order valence-electron chi connectivity index (χ3n) is 7.17. The van der Waals surface area contributed by atoms with Gasteiger partial charge in [0.25, 0.3) is 0 Å². The number of hydrogen-bond donors (Lipinski definition) is 1. The smallest absolute Gasteiger partial charge is 0.191 e. The first-order valence-corrected chi connectivity index (χ1v) is 10.9.